The van der Waals surface area contributed by atoms with Crippen molar-refractivity contribution in [1.29, 1.82) is 0 Å². The van der Waals surface area contributed by atoms with Crippen molar-refractivity contribution in [2.45, 2.75) is 32.1 Å². The van der Waals surface area contributed by atoms with Gasteiger partial charge in [-0.15, -0.1) is 0 Å². The molecule has 0 saturated carbocycles. The Morgan fingerprint density at radius 2 is 1.75 bits per heavy atom. The van der Waals surface area contributed by atoms with Crippen LogP contribution in [0.3, 0.4) is 0 Å². The van der Waals surface area contributed by atoms with Gasteiger partial charge in [-0.3, -0.25) is 4.79 Å². The second-order valence-electron chi connectivity index (χ2n) is 4.28. The molecule has 0 bridgehead atoms. The number of hydrogen-bond acceptors (Lipinski definition) is 1. The highest BCUT2D eigenvalue weighted by atomic mass is 35.5. The van der Waals surface area contributed by atoms with Gasteiger partial charge in [0.25, 0.3) is 0 Å². The van der Waals surface area contributed by atoms with E-state index in [4.69, 9.17) is 11.6 Å². The van der Waals surface area contributed by atoms with Crippen molar-refractivity contribution in [1.82, 2.24) is 0 Å². The molecule has 0 fully saturated rings. The van der Waals surface area contributed by atoms with E-state index in [2.05, 4.69) is 0 Å². The minimum Gasteiger partial charge on any atom is -0.295 e. The number of carbonyl (C=O) groups excluding carboxylic acids is 1. The second-order valence-corrected chi connectivity index (χ2v) is 4.72. The van der Waals surface area contributed by atoms with Crippen LogP contribution in [-0.4, -0.2) is 5.78 Å². The Balaban J connectivity index is 2.08. The number of carbonyl (C=O) groups is 1. The van der Waals surface area contributed by atoms with Gasteiger partial charge in [0.05, 0.1) is 0 Å². The lowest BCUT2D eigenvalue weighted by atomic mass is 10.0. The Labute approximate surface area is 101 Å². The molecule has 2 heteroatoms. The van der Waals surface area contributed by atoms with Crippen LogP contribution >= 0.6 is 11.6 Å². The highest BCUT2D eigenvalue weighted by molar-refractivity contribution is 6.30. The first kappa shape index (κ1) is 11.4. The van der Waals surface area contributed by atoms with Crippen LogP contribution in [0.5, 0.6) is 0 Å². The summed E-state index contributed by atoms with van der Waals surface area (Å²) in [4.78, 5) is 11.4. The number of allylic oxidation sites excluding steroid dienone is 2. The van der Waals surface area contributed by atoms with Gasteiger partial charge in [-0.05, 0) is 49.5 Å². The molecule has 0 unspecified atom stereocenters. The molecule has 1 aromatic carbocycles. The first-order valence-electron chi connectivity index (χ1n) is 5.71. The minimum atomic E-state index is 0.279. The van der Waals surface area contributed by atoms with Gasteiger partial charge >= 0.3 is 0 Å². The summed E-state index contributed by atoms with van der Waals surface area (Å²) in [7, 11) is 0. The highest BCUT2D eigenvalue weighted by Crippen LogP contribution is 2.20. The zero-order valence-electron chi connectivity index (χ0n) is 9.21. The van der Waals surface area contributed by atoms with E-state index in [9.17, 15) is 4.79 Å². The predicted octanol–water partition coefficient (Wildman–Crippen LogP) is 3.95. The monoisotopic (exact) mass is 234 g/mol. The van der Waals surface area contributed by atoms with E-state index in [1.54, 1.807) is 0 Å². The molecule has 0 aliphatic heterocycles. The Kier molecular flexibility index (Phi) is 3.79. The van der Waals surface area contributed by atoms with E-state index in [1.165, 1.54) is 11.1 Å². The summed E-state index contributed by atoms with van der Waals surface area (Å²) in [5, 5.41) is 0.759. The standard InChI is InChI=1S/C14H15ClO/c15-13-7-5-11(6-8-13)9-12-3-1-2-4-14(16)10-12/h5-8,10H,1-4,9H2. The average Bonchev–Trinajstić information content (AvgIpc) is 2.46. The quantitative estimate of drug-likeness (QED) is 0.757. The summed E-state index contributed by atoms with van der Waals surface area (Å²) < 4.78 is 0. The molecule has 0 amide bonds. The molecule has 2 rings (SSSR count). The van der Waals surface area contributed by atoms with E-state index in [0.29, 0.717) is 6.42 Å². The fourth-order valence-corrected chi connectivity index (χ4v) is 2.15. The van der Waals surface area contributed by atoms with Crippen LogP contribution in [0, 0.1) is 0 Å². The van der Waals surface area contributed by atoms with Gasteiger partial charge in [-0.2, -0.15) is 0 Å². The predicted molar refractivity (Wildman–Crippen MR) is 66.7 cm³/mol. The number of hydrogen-bond donors (Lipinski definition) is 0. The van der Waals surface area contributed by atoms with Gasteiger partial charge in [0.2, 0.25) is 0 Å². The number of benzene rings is 1. The Morgan fingerprint density at radius 1 is 1.06 bits per heavy atom. The third-order valence-electron chi connectivity index (χ3n) is 2.88. The van der Waals surface area contributed by atoms with Crippen LogP contribution in [0.25, 0.3) is 0 Å². The van der Waals surface area contributed by atoms with E-state index >= 15 is 0 Å². The van der Waals surface area contributed by atoms with Crippen molar-refractivity contribution in [2.24, 2.45) is 0 Å². The van der Waals surface area contributed by atoms with Gasteiger partial charge in [0.1, 0.15) is 0 Å². The summed E-state index contributed by atoms with van der Waals surface area (Å²) in [5.74, 6) is 0.279. The first-order valence-corrected chi connectivity index (χ1v) is 6.08. The smallest absolute Gasteiger partial charge is 0.155 e. The van der Waals surface area contributed by atoms with Crippen molar-refractivity contribution in [3.05, 3.63) is 46.5 Å². The van der Waals surface area contributed by atoms with Crippen molar-refractivity contribution in [3.8, 4) is 0 Å². The molecule has 1 aromatic rings. The van der Waals surface area contributed by atoms with Crippen LogP contribution in [0.2, 0.25) is 5.02 Å². The molecule has 84 valence electrons. The Bertz CT molecular complexity index is 403. The molecule has 0 heterocycles. The average molecular weight is 235 g/mol. The van der Waals surface area contributed by atoms with E-state index in [0.717, 1.165) is 30.7 Å². The molecule has 1 nitrogen and oxygen atoms in total. The molecule has 16 heavy (non-hydrogen) atoms. The Morgan fingerprint density at radius 3 is 2.50 bits per heavy atom. The van der Waals surface area contributed by atoms with E-state index < -0.39 is 0 Å². The molecular formula is C14H15ClO. The second kappa shape index (κ2) is 5.31. The molecule has 0 radical (unpaired) electrons. The third kappa shape index (κ3) is 3.21. The maximum absolute atomic E-state index is 11.4. The fourth-order valence-electron chi connectivity index (χ4n) is 2.03. The summed E-state index contributed by atoms with van der Waals surface area (Å²) in [6.45, 7) is 0. The summed E-state index contributed by atoms with van der Waals surface area (Å²) >= 11 is 5.83. The molecule has 0 aromatic heterocycles. The van der Waals surface area contributed by atoms with Crippen molar-refractivity contribution >= 4 is 17.4 Å². The van der Waals surface area contributed by atoms with Crippen molar-refractivity contribution < 1.29 is 4.79 Å². The van der Waals surface area contributed by atoms with E-state index in [1.807, 2.05) is 30.3 Å². The topological polar surface area (TPSA) is 17.1 Å². The number of ketones is 1. The van der Waals surface area contributed by atoms with Gasteiger partial charge in [-0.1, -0.05) is 29.3 Å². The van der Waals surface area contributed by atoms with Gasteiger partial charge in [0, 0.05) is 11.4 Å². The van der Waals surface area contributed by atoms with Gasteiger partial charge in [0.15, 0.2) is 5.78 Å². The van der Waals surface area contributed by atoms with Gasteiger partial charge in [-0.25, -0.2) is 0 Å². The van der Waals surface area contributed by atoms with Crippen LogP contribution in [0.15, 0.2) is 35.9 Å². The summed E-state index contributed by atoms with van der Waals surface area (Å²) in [6, 6.07) is 7.85. The zero-order chi connectivity index (χ0) is 11.4. The maximum atomic E-state index is 11.4. The lowest BCUT2D eigenvalue weighted by Gasteiger charge is -2.05. The molecule has 0 spiro atoms. The molecule has 0 saturated heterocycles. The van der Waals surface area contributed by atoms with Crippen LogP contribution < -0.4 is 0 Å². The maximum Gasteiger partial charge on any atom is 0.155 e. The molecule has 1 aliphatic rings. The lowest BCUT2D eigenvalue weighted by Crippen LogP contribution is -1.93. The van der Waals surface area contributed by atoms with Crippen LogP contribution in [-0.2, 0) is 11.2 Å². The SMILES string of the molecule is O=C1C=C(Cc2ccc(Cl)cc2)CCCC1. The number of halogens is 1. The number of rotatable bonds is 2. The van der Waals surface area contributed by atoms with Crippen LogP contribution in [0.1, 0.15) is 31.2 Å². The first-order chi connectivity index (χ1) is 7.74. The van der Waals surface area contributed by atoms with Crippen molar-refractivity contribution in [3.63, 3.8) is 0 Å². The molecule has 0 atom stereocenters. The van der Waals surface area contributed by atoms with E-state index in [-0.39, 0.29) is 5.78 Å². The van der Waals surface area contributed by atoms with Crippen molar-refractivity contribution in [2.75, 3.05) is 0 Å². The molecule has 0 N–H and O–H groups in total. The fraction of sp³-hybridized carbons (Fsp3) is 0.357. The zero-order valence-corrected chi connectivity index (χ0v) is 9.96. The molecular weight excluding hydrogens is 220 g/mol. The summed E-state index contributed by atoms with van der Waals surface area (Å²) in [6.07, 6.45) is 6.63. The Hall–Kier alpha value is -1.08. The largest absolute Gasteiger partial charge is 0.295 e. The summed E-state index contributed by atoms with van der Waals surface area (Å²) in [5.41, 5.74) is 2.48. The van der Waals surface area contributed by atoms with Crippen LogP contribution in [0.4, 0.5) is 0 Å². The highest BCUT2D eigenvalue weighted by Gasteiger charge is 2.08. The molecule has 1 aliphatic carbocycles. The normalized spacial score (nSPS) is 16.8. The van der Waals surface area contributed by atoms with Gasteiger partial charge < -0.3 is 0 Å². The minimum absolute atomic E-state index is 0.279. The third-order valence-corrected chi connectivity index (χ3v) is 3.13. The lowest BCUT2D eigenvalue weighted by molar-refractivity contribution is -0.114.